The van der Waals surface area contributed by atoms with Crippen LogP contribution in [-0.4, -0.2) is 46.5 Å². The number of halogens is 4. The van der Waals surface area contributed by atoms with E-state index in [-0.39, 0.29) is 10.9 Å². The number of aryl methyl sites for hydroxylation is 1. The number of nitrogens with zero attached hydrogens (tertiary/aromatic N) is 4. The summed E-state index contributed by atoms with van der Waals surface area (Å²) in [6.07, 6.45) is -1.32. The maximum atomic E-state index is 12.8. The number of benzene rings is 1. The molecule has 1 aromatic carbocycles. The molecule has 1 saturated heterocycles. The van der Waals surface area contributed by atoms with Crippen LogP contribution in [0.25, 0.3) is 10.9 Å². The smallest absolute Gasteiger partial charge is 0.352 e. The number of anilines is 1. The molecule has 3 aromatic rings. The van der Waals surface area contributed by atoms with Crippen molar-refractivity contribution in [2.75, 3.05) is 31.1 Å². The van der Waals surface area contributed by atoms with Crippen molar-refractivity contribution in [1.82, 2.24) is 14.5 Å². The summed E-state index contributed by atoms with van der Waals surface area (Å²) in [5.74, 6) is 0.370. The summed E-state index contributed by atoms with van der Waals surface area (Å²) >= 11 is 6.03. The zero-order valence-corrected chi connectivity index (χ0v) is 16.8. The summed E-state index contributed by atoms with van der Waals surface area (Å²) in [6, 6.07) is 10.9. The molecule has 0 N–H and O–H groups in total. The second-order valence-electron chi connectivity index (χ2n) is 7.21. The first-order valence-electron chi connectivity index (χ1n) is 9.62. The average Bonchev–Trinajstić information content (AvgIpc) is 3.14. The highest BCUT2D eigenvalue weighted by atomic mass is 35.5. The van der Waals surface area contributed by atoms with Gasteiger partial charge in [0.2, 0.25) is 5.91 Å². The number of carbonyl (C=O) groups is 1. The number of hydrogen-bond donors (Lipinski definition) is 0. The van der Waals surface area contributed by atoms with Gasteiger partial charge in [0.1, 0.15) is 5.82 Å². The van der Waals surface area contributed by atoms with E-state index in [4.69, 9.17) is 11.6 Å². The van der Waals surface area contributed by atoms with Crippen LogP contribution < -0.4 is 4.90 Å². The normalized spacial score (nSPS) is 15.1. The molecular formula is C21H20ClF3N4O. The Bertz CT molecular complexity index is 1060. The van der Waals surface area contributed by atoms with E-state index in [9.17, 15) is 18.0 Å². The molecule has 0 aliphatic carbocycles. The van der Waals surface area contributed by atoms with Crippen molar-refractivity contribution >= 4 is 34.2 Å². The van der Waals surface area contributed by atoms with Crippen LogP contribution >= 0.6 is 11.6 Å². The SMILES string of the molecule is O=C(CCn1ccc2ccccc21)N1CCN(c2ncc(C(F)(F)F)cc2Cl)CC1. The third-order valence-electron chi connectivity index (χ3n) is 5.33. The Labute approximate surface area is 176 Å². The molecule has 2 aromatic heterocycles. The number of rotatable bonds is 4. The van der Waals surface area contributed by atoms with Gasteiger partial charge in [-0.25, -0.2) is 4.98 Å². The Morgan fingerprint density at radius 3 is 2.53 bits per heavy atom. The van der Waals surface area contributed by atoms with Crippen LogP contribution in [0.2, 0.25) is 5.02 Å². The molecule has 1 aliphatic heterocycles. The number of fused-ring (bicyclic) bond motifs is 1. The van der Waals surface area contributed by atoms with E-state index in [1.807, 2.05) is 41.4 Å². The first-order chi connectivity index (χ1) is 14.3. The highest BCUT2D eigenvalue weighted by molar-refractivity contribution is 6.33. The van der Waals surface area contributed by atoms with Crippen molar-refractivity contribution in [2.24, 2.45) is 0 Å². The van der Waals surface area contributed by atoms with E-state index in [1.165, 1.54) is 0 Å². The fraction of sp³-hybridized carbons (Fsp3) is 0.333. The van der Waals surface area contributed by atoms with E-state index in [0.717, 1.165) is 23.2 Å². The van der Waals surface area contributed by atoms with Crippen molar-refractivity contribution in [3.63, 3.8) is 0 Å². The molecule has 9 heteroatoms. The number of amides is 1. The lowest BCUT2D eigenvalue weighted by Crippen LogP contribution is -2.49. The minimum Gasteiger partial charge on any atom is -0.352 e. The zero-order valence-electron chi connectivity index (χ0n) is 16.1. The molecule has 0 spiro atoms. The maximum absolute atomic E-state index is 12.8. The van der Waals surface area contributed by atoms with E-state index >= 15 is 0 Å². The summed E-state index contributed by atoms with van der Waals surface area (Å²) in [6.45, 7) is 2.49. The van der Waals surface area contributed by atoms with Gasteiger partial charge in [-0.05, 0) is 23.6 Å². The second kappa shape index (κ2) is 8.18. The van der Waals surface area contributed by atoms with E-state index in [1.54, 1.807) is 4.90 Å². The molecule has 0 radical (unpaired) electrons. The van der Waals surface area contributed by atoms with Gasteiger partial charge in [0.25, 0.3) is 0 Å². The fourth-order valence-corrected chi connectivity index (χ4v) is 3.98. The van der Waals surface area contributed by atoms with Crippen LogP contribution in [0.4, 0.5) is 19.0 Å². The number of hydrogen-bond acceptors (Lipinski definition) is 3. The molecule has 1 fully saturated rings. The van der Waals surface area contributed by atoms with Gasteiger partial charge in [0, 0.05) is 57.1 Å². The predicted molar refractivity (Wildman–Crippen MR) is 110 cm³/mol. The van der Waals surface area contributed by atoms with Gasteiger partial charge < -0.3 is 14.4 Å². The third-order valence-corrected chi connectivity index (χ3v) is 5.61. The molecular weight excluding hydrogens is 417 g/mol. The topological polar surface area (TPSA) is 41.4 Å². The van der Waals surface area contributed by atoms with Gasteiger partial charge in [-0.2, -0.15) is 13.2 Å². The Morgan fingerprint density at radius 2 is 1.83 bits per heavy atom. The summed E-state index contributed by atoms with van der Waals surface area (Å²) in [4.78, 5) is 20.1. The zero-order chi connectivity index (χ0) is 21.3. The molecule has 1 aliphatic rings. The van der Waals surface area contributed by atoms with Gasteiger partial charge in [-0.1, -0.05) is 29.8 Å². The van der Waals surface area contributed by atoms with Gasteiger partial charge in [-0.3, -0.25) is 4.79 Å². The highest BCUT2D eigenvalue weighted by Gasteiger charge is 2.32. The summed E-state index contributed by atoms with van der Waals surface area (Å²) < 4.78 is 40.4. The number of alkyl halides is 3. The predicted octanol–water partition coefficient (Wildman–Crippen LogP) is 4.45. The lowest BCUT2D eigenvalue weighted by atomic mass is 10.2. The molecule has 0 saturated carbocycles. The van der Waals surface area contributed by atoms with Gasteiger partial charge in [0.05, 0.1) is 10.6 Å². The average molecular weight is 437 g/mol. The molecule has 5 nitrogen and oxygen atoms in total. The Balaban J connectivity index is 1.33. The van der Waals surface area contributed by atoms with Gasteiger partial charge >= 0.3 is 6.18 Å². The molecule has 158 valence electrons. The number of aromatic nitrogens is 2. The van der Waals surface area contributed by atoms with Gasteiger partial charge in [0.15, 0.2) is 0 Å². The van der Waals surface area contributed by atoms with Crippen molar-refractivity contribution < 1.29 is 18.0 Å². The fourth-order valence-electron chi connectivity index (χ4n) is 3.70. The molecule has 0 bridgehead atoms. The van der Waals surface area contributed by atoms with Crippen LogP contribution in [0.15, 0.2) is 48.8 Å². The molecule has 4 rings (SSSR count). The Hall–Kier alpha value is -2.74. The summed E-state index contributed by atoms with van der Waals surface area (Å²) in [7, 11) is 0. The molecule has 1 amide bonds. The maximum Gasteiger partial charge on any atom is 0.417 e. The van der Waals surface area contributed by atoms with E-state index in [2.05, 4.69) is 9.55 Å². The Morgan fingerprint density at radius 1 is 1.10 bits per heavy atom. The number of pyridine rings is 1. The summed E-state index contributed by atoms with van der Waals surface area (Å²) in [5, 5.41) is 1.10. The van der Waals surface area contributed by atoms with Crippen molar-refractivity contribution in [2.45, 2.75) is 19.1 Å². The minimum absolute atomic E-state index is 0.0379. The molecule has 0 unspecified atom stereocenters. The molecule has 30 heavy (non-hydrogen) atoms. The number of piperazine rings is 1. The molecule has 0 atom stereocenters. The Kier molecular flexibility index (Phi) is 5.60. The lowest BCUT2D eigenvalue weighted by molar-refractivity contribution is -0.137. The second-order valence-corrected chi connectivity index (χ2v) is 7.62. The summed E-state index contributed by atoms with van der Waals surface area (Å²) in [5.41, 5.74) is 0.223. The van der Waals surface area contributed by atoms with Crippen LogP contribution in [0, 0.1) is 0 Å². The van der Waals surface area contributed by atoms with Crippen molar-refractivity contribution in [3.05, 3.63) is 59.4 Å². The first-order valence-corrected chi connectivity index (χ1v) is 10.00. The largest absolute Gasteiger partial charge is 0.417 e. The standard InChI is InChI=1S/C21H20ClF3N4O/c22-17-13-16(21(23,24)25)14-26-20(17)29-11-9-28(10-12-29)19(30)6-8-27-7-5-15-3-1-2-4-18(15)27/h1-5,7,13-14H,6,8-12H2. The number of para-hydroxylation sites is 1. The van der Waals surface area contributed by atoms with Crippen LogP contribution in [0.1, 0.15) is 12.0 Å². The van der Waals surface area contributed by atoms with Crippen LogP contribution in [-0.2, 0) is 17.5 Å². The van der Waals surface area contributed by atoms with Gasteiger partial charge in [-0.15, -0.1) is 0 Å². The van der Waals surface area contributed by atoms with Crippen LogP contribution in [0.5, 0.6) is 0 Å². The van der Waals surface area contributed by atoms with Crippen molar-refractivity contribution in [1.29, 1.82) is 0 Å². The molecule has 3 heterocycles. The lowest BCUT2D eigenvalue weighted by Gasteiger charge is -2.36. The quantitative estimate of drug-likeness (QED) is 0.607. The highest BCUT2D eigenvalue weighted by Crippen LogP contribution is 2.33. The number of carbonyl (C=O) groups excluding carboxylic acids is 1. The first kappa shape index (κ1) is 20.5. The van der Waals surface area contributed by atoms with Crippen molar-refractivity contribution in [3.8, 4) is 0 Å². The minimum atomic E-state index is -4.48. The van der Waals surface area contributed by atoms with E-state index in [0.29, 0.717) is 45.0 Å². The van der Waals surface area contributed by atoms with Crippen LogP contribution in [0.3, 0.4) is 0 Å². The monoisotopic (exact) mass is 436 g/mol. The third kappa shape index (κ3) is 4.23. The van der Waals surface area contributed by atoms with E-state index < -0.39 is 11.7 Å².